The minimum Gasteiger partial charge on any atom is -0.331 e. The molecule has 0 bridgehead atoms. The standard InChI is InChI=1S/C16H17N3O2S/c1-10-14(20)19-13(11-6-4-3-5-7-11)12(9-17)8-16(19,22)15(21)18(10)2/h3-7,10,12-13,22H,8H2,1-2H3. The molecule has 4 atom stereocenters. The van der Waals surface area contributed by atoms with Gasteiger partial charge in [0, 0.05) is 13.5 Å². The number of hydrogen-bond donors (Lipinski definition) is 1. The average Bonchev–Trinajstić information content (AvgIpc) is 2.86. The molecule has 1 aromatic rings. The molecule has 6 heteroatoms. The van der Waals surface area contributed by atoms with E-state index in [0.717, 1.165) is 5.56 Å². The smallest absolute Gasteiger partial charge is 0.259 e. The van der Waals surface area contributed by atoms with Gasteiger partial charge in [-0.3, -0.25) is 9.59 Å². The van der Waals surface area contributed by atoms with Gasteiger partial charge in [0.1, 0.15) is 6.04 Å². The van der Waals surface area contributed by atoms with Crippen molar-refractivity contribution in [1.29, 1.82) is 5.26 Å². The molecule has 1 aromatic carbocycles. The lowest BCUT2D eigenvalue weighted by Crippen LogP contribution is -2.65. The summed E-state index contributed by atoms with van der Waals surface area (Å²) in [6, 6.07) is 10.7. The van der Waals surface area contributed by atoms with E-state index >= 15 is 0 Å². The van der Waals surface area contributed by atoms with E-state index in [4.69, 9.17) is 0 Å². The van der Waals surface area contributed by atoms with Crippen molar-refractivity contribution in [3.05, 3.63) is 35.9 Å². The van der Waals surface area contributed by atoms with Crippen molar-refractivity contribution in [1.82, 2.24) is 9.80 Å². The largest absolute Gasteiger partial charge is 0.331 e. The van der Waals surface area contributed by atoms with Crippen molar-refractivity contribution in [2.45, 2.75) is 30.3 Å². The van der Waals surface area contributed by atoms with Crippen LogP contribution in [0.2, 0.25) is 0 Å². The van der Waals surface area contributed by atoms with Gasteiger partial charge in [0.25, 0.3) is 5.91 Å². The molecule has 0 N–H and O–H groups in total. The maximum atomic E-state index is 12.8. The summed E-state index contributed by atoms with van der Waals surface area (Å²) >= 11 is 4.55. The lowest BCUT2D eigenvalue weighted by atomic mass is 9.94. The third kappa shape index (κ3) is 1.85. The van der Waals surface area contributed by atoms with Crippen molar-refractivity contribution in [2.75, 3.05) is 7.05 Å². The first-order valence-electron chi connectivity index (χ1n) is 7.19. The quantitative estimate of drug-likeness (QED) is 0.800. The van der Waals surface area contributed by atoms with E-state index in [9.17, 15) is 14.9 Å². The highest BCUT2D eigenvalue weighted by atomic mass is 32.1. The molecule has 5 nitrogen and oxygen atoms in total. The van der Waals surface area contributed by atoms with Gasteiger partial charge >= 0.3 is 0 Å². The summed E-state index contributed by atoms with van der Waals surface area (Å²) in [6.07, 6.45) is 0.244. The van der Waals surface area contributed by atoms with E-state index in [2.05, 4.69) is 18.7 Å². The summed E-state index contributed by atoms with van der Waals surface area (Å²) in [5, 5.41) is 9.52. The van der Waals surface area contributed by atoms with E-state index in [-0.39, 0.29) is 18.2 Å². The van der Waals surface area contributed by atoms with Gasteiger partial charge in [0.15, 0.2) is 4.87 Å². The maximum Gasteiger partial charge on any atom is 0.259 e. The van der Waals surface area contributed by atoms with Crippen LogP contribution in [-0.2, 0) is 9.59 Å². The molecule has 0 radical (unpaired) electrons. The molecule has 2 fully saturated rings. The Bertz CT molecular complexity index is 672. The molecular formula is C16H17N3O2S. The predicted molar refractivity (Wildman–Crippen MR) is 83.7 cm³/mol. The number of nitriles is 1. The first-order valence-corrected chi connectivity index (χ1v) is 7.64. The van der Waals surface area contributed by atoms with E-state index in [0.29, 0.717) is 0 Å². The topological polar surface area (TPSA) is 64.4 Å². The fraction of sp³-hybridized carbons (Fsp3) is 0.438. The summed E-state index contributed by atoms with van der Waals surface area (Å²) in [6.45, 7) is 1.70. The highest BCUT2D eigenvalue weighted by molar-refractivity contribution is 7.82. The molecule has 3 rings (SSSR count). The molecule has 2 aliphatic heterocycles. The zero-order valence-electron chi connectivity index (χ0n) is 12.4. The minimum absolute atomic E-state index is 0.163. The van der Waals surface area contributed by atoms with E-state index in [1.807, 2.05) is 30.3 Å². The first kappa shape index (κ1) is 14.9. The minimum atomic E-state index is -1.24. The number of thiol groups is 1. The number of carbonyl (C=O) groups is 2. The highest BCUT2D eigenvalue weighted by Crippen LogP contribution is 2.51. The lowest BCUT2D eigenvalue weighted by molar-refractivity contribution is -0.161. The third-order valence-corrected chi connectivity index (χ3v) is 5.30. The fourth-order valence-corrected chi connectivity index (χ4v) is 3.99. The molecule has 114 valence electrons. The van der Waals surface area contributed by atoms with Gasteiger partial charge < -0.3 is 9.80 Å². The fourth-order valence-electron chi connectivity index (χ4n) is 3.41. The van der Waals surface area contributed by atoms with Gasteiger partial charge in [0.2, 0.25) is 5.91 Å². The molecule has 0 spiro atoms. The van der Waals surface area contributed by atoms with Gasteiger partial charge in [-0.1, -0.05) is 30.3 Å². The summed E-state index contributed by atoms with van der Waals surface area (Å²) in [4.78, 5) is 27.2. The van der Waals surface area contributed by atoms with Crippen molar-refractivity contribution < 1.29 is 9.59 Å². The van der Waals surface area contributed by atoms with Crippen molar-refractivity contribution in [2.24, 2.45) is 5.92 Å². The van der Waals surface area contributed by atoms with Gasteiger partial charge in [-0.15, -0.1) is 12.6 Å². The highest BCUT2D eigenvalue weighted by Gasteiger charge is 2.61. The Kier molecular flexibility index (Phi) is 3.41. The van der Waals surface area contributed by atoms with Crippen LogP contribution >= 0.6 is 12.6 Å². The van der Waals surface area contributed by atoms with Crippen LogP contribution in [0.15, 0.2) is 30.3 Å². The Labute approximate surface area is 134 Å². The third-order valence-electron chi connectivity index (χ3n) is 4.71. The Morgan fingerprint density at radius 3 is 2.55 bits per heavy atom. The van der Waals surface area contributed by atoms with Crippen LogP contribution < -0.4 is 0 Å². The van der Waals surface area contributed by atoms with Crippen LogP contribution in [0, 0.1) is 17.2 Å². The second kappa shape index (κ2) is 5.03. The number of carbonyl (C=O) groups excluding carboxylic acids is 2. The number of benzene rings is 1. The maximum absolute atomic E-state index is 12.8. The van der Waals surface area contributed by atoms with Gasteiger partial charge in [-0.05, 0) is 12.5 Å². The lowest BCUT2D eigenvalue weighted by Gasteiger charge is -2.46. The molecule has 4 unspecified atom stereocenters. The van der Waals surface area contributed by atoms with E-state index < -0.39 is 22.9 Å². The summed E-state index contributed by atoms with van der Waals surface area (Å²) in [7, 11) is 1.61. The summed E-state index contributed by atoms with van der Waals surface area (Å²) in [5.41, 5.74) is 0.864. The first-order chi connectivity index (χ1) is 10.4. The number of rotatable bonds is 1. The predicted octanol–water partition coefficient (Wildman–Crippen LogP) is 1.59. The second-order valence-corrected chi connectivity index (χ2v) is 6.65. The number of nitrogens with zero attached hydrogens (tertiary/aromatic N) is 3. The molecule has 0 aliphatic carbocycles. The summed E-state index contributed by atoms with van der Waals surface area (Å²) in [5.74, 6) is -0.836. The average molecular weight is 315 g/mol. The number of fused-ring (bicyclic) bond motifs is 1. The number of likely N-dealkylation sites (N-methyl/N-ethyl adjacent to an activating group) is 1. The van der Waals surface area contributed by atoms with E-state index in [1.165, 1.54) is 9.80 Å². The molecule has 2 saturated heterocycles. The number of amides is 2. The van der Waals surface area contributed by atoms with Gasteiger partial charge in [-0.25, -0.2) is 0 Å². The van der Waals surface area contributed by atoms with Crippen LogP contribution in [-0.4, -0.2) is 39.6 Å². The molecule has 0 aromatic heterocycles. The van der Waals surface area contributed by atoms with Crippen LogP contribution in [0.3, 0.4) is 0 Å². The zero-order chi connectivity index (χ0) is 16.1. The SMILES string of the molecule is CC1C(=O)N2C(c3ccccc3)C(C#N)CC2(S)C(=O)N1C. The van der Waals surface area contributed by atoms with Crippen molar-refractivity contribution in [3.8, 4) is 6.07 Å². The molecule has 22 heavy (non-hydrogen) atoms. The van der Waals surface area contributed by atoms with Crippen LogP contribution in [0.4, 0.5) is 0 Å². The Balaban J connectivity index is 2.14. The van der Waals surface area contributed by atoms with Crippen LogP contribution in [0.25, 0.3) is 0 Å². The second-order valence-electron chi connectivity index (χ2n) is 5.91. The molecule has 2 amide bonds. The monoisotopic (exact) mass is 315 g/mol. The number of hydrogen-bond acceptors (Lipinski definition) is 4. The van der Waals surface area contributed by atoms with Gasteiger partial charge in [0.05, 0.1) is 18.0 Å². The Hall–Kier alpha value is -2.00. The molecular weight excluding hydrogens is 298 g/mol. The molecule has 2 heterocycles. The summed E-state index contributed by atoms with van der Waals surface area (Å²) < 4.78 is 0. The van der Waals surface area contributed by atoms with Crippen molar-refractivity contribution in [3.63, 3.8) is 0 Å². The van der Waals surface area contributed by atoms with Crippen LogP contribution in [0.1, 0.15) is 24.9 Å². The van der Waals surface area contributed by atoms with E-state index in [1.54, 1.807) is 14.0 Å². The number of piperazine rings is 1. The molecule has 2 aliphatic rings. The zero-order valence-corrected chi connectivity index (χ0v) is 13.3. The van der Waals surface area contributed by atoms with Crippen molar-refractivity contribution >= 4 is 24.4 Å². The molecule has 0 saturated carbocycles. The Morgan fingerprint density at radius 1 is 1.32 bits per heavy atom. The normalized spacial score (nSPS) is 34.5. The Morgan fingerprint density at radius 2 is 1.95 bits per heavy atom. The van der Waals surface area contributed by atoms with Gasteiger partial charge in [-0.2, -0.15) is 5.26 Å². The van der Waals surface area contributed by atoms with Crippen LogP contribution in [0.5, 0.6) is 0 Å².